The molecule has 2 heterocycles. The van der Waals surface area contributed by atoms with Crippen molar-refractivity contribution in [2.75, 3.05) is 11.9 Å². The predicted octanol–water partition coefficient (Wildman–Crippen LogP) is 1.15. The summed E-state index contributed by atoms with van der Waals surface area (Å²) in [6.45, 7) is 3.23. The zero-order chi connectivity index (χ0) is 14.5. The highest BCUT2D eigenvalue weighted by atomic mass is 35.5. The molecule has 0 saturated carbocycles. The average Bonchev–Trinajstić information content (AvgIpc) is 2.83. The standard InChI is InChI=1S/C13H14ClN5O/c1-3-5-19-13(20)12(11(14)8-17-19)15-4-6-18-9-10(2)7-16-18/h1,7-9,15H,4-6H2,2H3. The van der Waals surface area contributed by atoms with E-state index in [1.807, 2.05) is 13.1 Å². The highest BCUT2D eigenvalue weighted by molar-refractivity contribution is 6.32. The Morgan fingerprint density at radius 3 is 2.90 bits per heavy atom. The topological polar surface area (TPSA) is 64.7 Å². The summed E-state index contributed by atoms with van der Waals surface area (Å²) >= 11 is 5.98. The highest BCUT2D eigenvalue weighted by Crippen LogP contribution is 2.14. The van der Waals surface area contributed by atoms with Gasteiger partial charge in [0.15, 0.2) is 0 Å². The van der Waals surface area contributed by atoms with Crippen LogP contribution in [0.25, 0.3) is 0 Å². The van der Waals surface area contributed by atoms with E-state index in [4.69, 9.17) is 18.0 Å². The van der Waals surface area contributed by atoms with Crippen molar-refractivity contribution in [3.63, 3.8) is 0 Å². The Morgan fingerprint density at radius 1 is 1.45 bits per heavy atom. The second-order valence-electron chi connectivity index (χ2n) is 4.24. The lowest BCUT2D eigenvalue weighted by Crippen LogP contribution is -2.26. The van der Waals surface area contributed by atoms with Crippen LogP contribution in [0.1, 0.15) is 5.56 Å². The fourth-order valence-corrected chi connectivity index (χ4v) is 1.90. The number of anilines is 1. The van der Waals surface area contributed by atoms with E-state index >= 15 is 0 Å². The molecule has 0 amide bonds. The first-order chi connectivity index (χ1) is 9.61. The van der Waals surface area contributed by atoms with Gasteiger partial charge >= 0.3 is 0 Å². The maximum Gasteiger partial charge on any atom is 0.292 e. The largest absolute Gasteiger partial charge is 0.377 e. The van der Waals surface area contributed by atoms with Gasteiger partial charge in [-0.25, -0.2) is 4.68 Å². The fourth-order valence-electron chi connectivity index (χ4n) is 1.71. The van der Waals surface area contributed by atoms with Crippen LogP contribution in [0.5, 0.6) is 0 Å². The molecule has 2 aromatic heterocycles. The van der Waals surface area contributed by atoms with E-state index < -0.39 is 0 Å². The van der Waals surface area contributed by atoms with Crippen molar-refractivity contribution >= 4 is 17.3 Å². The minimum atomic E-state index is -0.327. The molecule has 0 spiro atoms. The lowest BCUT2D eigenvalue weighted by Gasteiger charge is -2.09. The molecular weight excluding hydrogens is 278 g/mol. The van der Waals surface area contributed by atoms with Crippen molar-refractivity contribution in [3.05, 3.63) is 39.5 Å². The smallest absolute Gasteiger partial charge is 0.292 e. The Kier molecular flexibility index (Phi) is 4.43. The summed E-state index contributed by atoms with van der Waals surface area (Å²) in [7, 11) is 0. The molecule has 104 valence electrons. The third kappa shape index (κ3) is 3.19. The number of terminal acetylenes is 1. The Morgan fingerprint density at radius 2 is 2.25 bits per heavy atom. The summed E-state index contributed by atoms with van der Waals surface area (Å²) in [5.74, 6) is 2.37. The molecule has 20 heavy (non-hydrogen) atoms. The van der Waals surface area contributed by atoms with Crippen LogP contribution in [-0.2, 0) is 13.1 Å². The molecule has 1 N–H and O–H groups in total. The Bertz CT molecular complexity index is 698. The first-order valence-electron chi connectivity index (χ1n) is 6.04. The molecule has 0 aliphatic carbocycles. The SMILES string of the molecule is C#CCn1ncc(Cl)c(NCCn2cc(C)cn2)c1=O. The number of halogens is 1. The fraction of sp³-hybridized carbons (Fsp3) is 0.308. The van der Waals surface area contributed by atoms with Crippen molar-refractivity contribution in [2.45, 2.75) is 20.0 Å². The molecule has 0 unspecified atom stereocenters. The van der Waals surface area contributed by atoms with Crippen LogP contribution in [-0.4, -0.2) is 26.1 Å². The minimum Gasteiger partial charge on any atom is -0.377 e. The van der Waals surface area contributed by atoms with Crippen LogP contribution >= 0.6 is 11.6 Å². The van der Waals surface area contributed by atoms with Gasteiger partial charge in [0, 0.05) is 12.7 Å². The summed E-state index contributed by atoms with van der Waals surface area (Å²) in [6.07, 6.45) is 10.3. The number of hydrogen-bond acceptors (Lipinski definition) is 4. The van der Waals surface area contributed by atoms with Gasteiger partial charge in [-0.3, -0.25) is 9.48 Å². The van der Waals surface area contributed by atoms with Gasteiger partial charge in [0.05, 0.1) is 24.0 Å². The molecule has 0 aliphatic heterocycles. The molecule has 0 atom stereocenters. The maximum absolute atomic E-state index is 12.1. The van der Waals surface area contributed by atoms with Gasteiger partial charge in [-0.2, -0.15) is 10.2 Å². The number of rotatable bonds is 5. The van der Waals surface area contributed by atoms with Crippen molar-refractivity contribution in [2.24, 2.45) is 0 Å². The van der Waals surface area contributed by atoms with Gasteiger partial charge in [-0.1, -0.05) is 17.5 Å². The minimum absolute atomic E-state index is 0.114. The van der Waals surface area contributed by atoms with Gasteiger partial charge in [-0.05, 0) is 12.5 Å². The molecular formula is C13H14ClN5O. The van der Waals surface area contributed by atoms with Gasteiger partial charge in [0.2, 0.25) is 0 Å². The quantitative estimate of drug-likeness (QED) is 0.839. The van der Waals surface area contributed by atoms with Gasteiger partial charge in [-0.15, -0.1) is 6.42 Å². The zero-order valence-corrected chi connectivity index (χ0v) is 11.8. The Balaban J connectivity index is 2.07. The maximum atomic E-state index is 12.1. The van der Waals surface area contributed by atoms with Crippen LogP contribution in [0.2, 0.25) is 5.02 Å². The van der Waals surface area contributed by atoms with E-state index in [0.717, 1.165) is 5.56 Å². The van der Waals surface area contributed by atoms with E-state index in [-0.39, 0.29) is 17.1 Å². The van der Waals surface area contributed by atoms with Gasteiger partial charge < -0.3 is 5.32 Å². The molecule has 6 nitrogen and oxygen atoms in total. The predicted molar refractivity (Wildman–Crippen MR) is 77.8 cm³/mol. The van der Waals surface area contributed by atoms with Crippen LogP contribution < -0.4 is 10.9 Å². The van der Waals surface area contributed by atoms with E-state index in [2.05, 4.69) is 21.4 Å². The van der Waals surface area contributed by atoms with Crippen LogP contribution in [0.3, 0.4) is 0 Å². The molecule has 0 bridgehead atoms. The zero-order valence-electron chi connectivity index (χ0n) is 11.0. The Hall–Kier alpha value is -2.26. The number of nitrogens with zero attached hydrogens (tertiary/aromatic N) is 4. The average molecular weight is 292 g/mol. The number of aromatic nitrogens is 4. The first kappa shape index (κ1) is 14.2. The van der Waals surface area contributed by atoms with Crippen molar-refractivity contribution in [3.8, 4) is 12.3 Å². The number of aryl methyl sites for hydroxylation is 1. The second kappa shape index (κ2) is 6.26. The van der Waals surface area contributed by atoms with E-state index in [1.54, 1.807) is 10.9 Å². The second-order valence-corrected chi connectivity index (χ2v) is 4.65. The van der Waals surface area contributed by atoms with Crippen molar-refractivity contribution in [1.29, 1.82) is 0 Å². The lowest BCUT2D eigenvalue weighted by molar-refractivity contribution is 0.632. The molecule has 0 radical (unpaired) electrons. The summed E-state index contributed by atoms with van der Waals surface area (Å²) in [5, 5.41) is 11.3. The van der Waals surface area contributed by atoms with Gasteiger partial charge in [0.25, 0.3) is 5.56 Å². The summed E-state index contributed by atoms with van der Waals surface area (Å²) in [6, 6.07) is 0. The molecule has 2 rings (SSSR count). The van der Waals surface area contributed by atoms with E-state index in [1.165, 1.54) is 10.9 Å². The third-order valence-corrected chi connectivity index (χ3v) is 2.93. The summed E-state index contributed by atoms with van der Waals surface area (Å²) < 4.78 is 2.98. The molecule has 0 aliphatic rings. The lowest BCUT2D eigenvalue weighted by atomic mass is 10.4. The summed E-state index contributed by atoms with van der Waals surface area (Å²) in [4.78, 5) is 12.1. The molecule has 0 saturated heterocycles. The number of hydrogen-bond donors (Lipinski definition) is 1. The molecule has 7 heteroatoms. The summed E-state index contributed by atoms with van der Waals surface area (Å²) in [5.41, 5.74) is 1.07. The normalized spacial score (nSPS) is 10.2. The monoisotopic (exact) mass is 291 g/mol. The van der Waals surface area contributed by atoms with Crippen molar-refractivity contribution < 1.29 is 0 Å². The van der Waals surface area contributed by atoms with Crippen LogP contribution in [0.4, 0.5) is 5.69 Å². The van der Waals surface area contributed by atoms with Gasteiger partial charge in [0.1, 0.15) is 12.2 Å². The third-order valence-electron chi connectivity index (χ3n) is 2.64. The molecule has 2 aromatic rings. The molecule has 0 aromatic carbocycles. The highest BCUT2D eigenvalue weighted by Gasteiger charge is 2.08. The van der Waals surface area contributed by atoms with Crippen molar-refractivity contribution in [1.82, 2.24) is 19.6 Å². The van der Waals surface area contributed by atoms with Crippen LogP contribution in [0.15, 0.2) is 23.4 Å². The molecule has 0 fully saturated rings. The van der Waals surface area contributed by atoms with Crippen LogP contribution in [0, 0.1) is 19.3 Å². The number of nitrogens with one attached hydrogen (secondary N) is 1. The Labute approximate surface area is 121 Å². The first-order valence-corrected chi connectivity index (χ1v) is 6.41. The van der Waals surface area contributed by atoms with E-state index in [0.29, 0.717) is 18.8 Å². The van der Waals surface area contributed by atoms with E-state index in [9.17, 15) is 4.79 Å².